The summed E-state index contributed by atoms with van der Waals surface area (Å²) in [6, 6.07) is 2.78. The summed E-state index contributed by atoms with van der Waals surface area (Å²) in [5, 5.41) is 19.1. The first-order chi connectivity index (χ1) is 18.3. The number of carbonyl (C=O) groups is 6. The van der Waals surface area contributed by atoms with E-state index in [0.29, 0.717) is 24.9 Å². The van der Waals surface area contributed by atoms with E-state index in [-0.39, 0.29) is 12.8 Å². The average Bonchev–Trinajstić information content (AvgIpc) is 2.87. The van der Waals surface area contributed by atoms with Crippen LogP contribution in [0.25, 0.3) is 0 Å². The first kappa shape index (κ1) is 33.0. The number of aliphatic carboxylic acids is 1. The van der Waals surface area contributed by atoms with Gasteiger partial charge in [-0.15, -0.1) is 0 Å². The third kappa shape index (κ3) is 12.4. The highest BCUT2D eigenvalue weighted by Crippen LogP contribution is 2.06. The molecular weight excluding hydrogens is 510 g/mol. The molecule has 39 heavy (non-hydrogen) atoms. The van der Waals surface area contributed by atoms with Gasteiger partial charge in [0.25, 0.3) is 0 Å². The molecule has 1 aromatic carbocycles. The second-order valence-corrected chi connectivity index (χ2v) is 9.19. The Bertz CT molecular complexity index is 1000. The molecule has 5 unspecified atom stereocenters. The molecule has 0 fully saturated rings. The minimum atomic E-state index is -1.39. The number of carbonyl (C=O) groups excluding carboxylic acids is 5. The summed E-state index contributed by atoms with van der Waals surface area (Å²) < 4.78 is 0. The van der Waals surface area contributed by atoms with Crippen molar-refractivity contribution in [2.45, 2.75) is 76.2 Å². The van der Waals surface area contributed by atoms with E-state index < -0.39 is 72.1 Å². The van der Waals surface area contributed by atoms with E-state index in [0.717, 1.165) is 0 Å². The predicted molar refractivity (Wildman–Crippen MR) is 142 cm³/mol. The van der Waals surface area contributed by atoms with E-state index >= 15 is 0 Å². The van der Waals surface area contributed by atoms with Gasteiger partial charge in [0.05, 0.1) is 12.5 Å². The molecule has 0 heterocycles. The Morgan fingerprint density at radius 3 is 1.90 bits per heavy atom. The maximum Gasteiger partial charge on any atom is 0.326 e. The van der Waals surface area contributed by atoms with Crippen LogP contribution in [0.4, 0.5) is 0 Å². The molecular formula is C25H39N7O7. The van der Waals surface area contributed by atoms with Crippen LogP contribution in [0.15, 0.2) is 30.3 Å². The minimum absolute atomic E-state index is 0.00806. The third-order valence-corrected chi connectivity index (χ3v) is 5.68. The van der Waals surface area contributed by atoms with Crippen molar-refractivity contribution in [1.82, 2.24) is 21.3 Å². The van der Waals surface area contributed by atoms with Crippen molar-refractivity contribution in [3.8, 4) is 0 Å². The van der Waals surface area contributed by atoms with Gasteiger partial charge in [0.15, 0.2) is 0 Å². The fourth-order valence-electron chi connectivity index (χ4n) is 3.47. The fourth-order valence-corrected chi connectivity index (χ4v) is 3.47. The fraction of sp³-hybridized carbons (Fsp3) is 0.520. The van der Waals surface area contributed by atoms with Gasteiger partial charge in [-0.1, -0.05) is 30.3 Å². The Morgan fingerprint density at radius 2 is 1.36 bits per heavy atom. The number of hydrogen-bond donors (Lipinski definition) is 8. The summed E-state index contributed by atoms with van der Waals surface area (Å²) >= 11 is 0. The number of rotatable bonds is 17. The molecule has 0 saturated heterocycles. The summed E-state index contributed by atoms with van der Waals surface area (Å²) in [4.78, 5) is 73.9. The van der Waals surface area contributed by atoms with Crippen molar-refractivity contribution < 1.29 is 33.9 Å². The van der Waals surface area contributed by atoms with Crippen LogP contribution in [-0.4, -0.2) is 77.4 Å². The Morgan fingerprint density at radius 1 is 0.795 bits per heavy atom. The highest BCUT2D eigenvalue weighted by Gasteiger charge is 2.31. The van der Waals surface area contributed by atoms with E-state index in [4.69, 9.17) is 17.2 Å². The predicted octanol–water partition coefficient (Wildman–Crippen LogP) is -2.38. The number of nitrogens with one attached hydrogen (secondary N) is 4. The number of primary amides is 1. The molecule has 11 N–H and O–H groups in total. The van der Waals surface area contributed by atoms with Gasteiger partial charge in [-0.3, -0.25) is 24.0 Å². The van der Waals surface area contributed by atoms with Crippen molar-refractivity contribution in [2.75, 3.05) is 6.54 Å². The zero-order valence-electron chi connectivity index (χ0n) is 22.1. The second kappa shape index (κ2) is 16.7. The van der Waals surface area contributed by atoms with Gasteiger partial charge in [-0.2, -0.15) is 0 Å². The van der Waals surface area contributed by atoms with E-state index in [1.54, 1.807) is 30.3 Å². The van der Waals surface area contributed by atoms with Gasteiger partial charge in [0.1, 0.15) is 24.2 Å². The highest BCUT2D eigenvalue weighted by atomic mass is 16.4. The normalized spacial score (nSPS) is 14.6. The Labute approximate surface area is 226 Å². The topological polar surface area (TPSA) is 249 Å². The van der Waals surface area contributed by atoms with Gasteiger partial charge in [-0.25, -0.2) is 4.79 Å². The SMILES string of the molecule is CC(N)C(=O)NC(CC(N)=O)C(=O)NC(Cc1ccccc1)C(=O)NC(C)C(=O)NC(CCCCN)C(=O)O. The number of hydrogen-bond acceptors (Lipinski definition) is 8. The molecule has 0 spiro atoms. The molecule has 1 rings (SSSR count). The number of carboxylic acid groups (broad SMARTS) is 1. The van der Waals surface area contributed by atoms with Gasteiger partial charge in [0, 0.05) is 6.42 Å². The first-order valence-electron chi connectivity index (χ1n) is 12.6. The van der Waals surface area contributed by atoms with Crippen LogP contribution in [0.1, 0.15) is 45.1 Å². The van der Waals surface area contributed by atoms with E-state index in [1.807, 2.05) is 0 Å². The largest absolute Gasteiger partial charge is 0.480 e. The molecule has 1 aromatic rings. The van der Waals surface area contributed by atoms with Crippen LogP contribution < -0.4 is 38.5 Å². The van der Waals surface area contributed by atoms with Gasteiger partial charge >= 0.3 is 5.97 Å². The molecule has 0 aliphatic rings. The minimum Gasteiger partial charge on any atom is -0.480 e. The van der Waals surface area contributed by atoms with Crippen LogP contribution >= 0.6 is 0 Å². The van der Waals surface area contributed by atoms with Crippen molar-refractivity contribution in [1.29, 1.82) is 0 Å². The zero-order valence-corrected chi connectivity index (χ0v) is 22.1. The van der Waals surface area contributed by atoms with Crippen LogP contribution in [-0.2, 0) is 35.2 Å². The third-order valence-electron chi connectivity index (χ3n) is 5.68. The molecule has 14 heteroatoms. The first-order valence-corrected chi connectivity index (χ1v) is 12.6. The van der Waals surface area contributed by atoms with Crippen molar-refractivity contribution in [3.05, 3.63) is 35.9 Å². The molecule has 216 valence electrons. The molecule has 0 radical (unpaired) electrons. The lowest BCUT2D eigenvalue weighted by molar-refractivity contribution is -0.142. The lowest BCUT2D eigenvalue weighted by atomic mass is 10.0. The number of nitrogens with two attached hydrogens (primary N) is 3. The molecule has 0 aliphatic heterocycles. The van der Waals surface area contributed by atoms with Gasteiger partial charge in [-0.05, 0) is 45.2 Å². The molecule has 0 aliphatic carbocycles. The average molecular weight is 550 g/mol. The summed E-state index contributed by atoms with van der Waals surface area (Å²) in [5.74, 6) is -5.13. The van der Waals surface area contributed by atoms with Crippen LogP contribution in [0.5, 0.6) is 0 Å². The standard InChI is InChI=1S/C25H39N7O7/c1-14(27)21(34)31-19(13-20(28)33)24(37)32-18(12-16-8-4-3-5-9-16)23(36)29-15(2)22(35)30-17(25(38)39)10-6-7-11-26/h3-5,8-9,14-15,17-19H,6-7,10-13,26-27H2,1-2H3,(H2,28,33)(H,29,36)(H,30,35)(H,31,34)(H,32,37)(H,38,39). The van der Waals surface area contributed by atoms with Crippen molar-refractivity contribution >= 4 is 35.5 Å². The number of amides is 5. The molecule has 5 atom stereocenters. The van der Waals surface area contributed by atoms with Crippen molar-refractivity contribution in [2.24, 2.45) is 17.2 Å². The maximum atomic E-state index is 13.2. The lowest BCUT2D eigenvalue weighted by Crippen LogP contribution is -2.58. The monoisotopic (exact) mass is 549 g/mol. The molecule has 0 bridgehead atoms. The summed E-state index contributed by atoms with van der Waals surface area (Å²) in [7, 11) is 0. The molecule has 0 aromatic heterocycles. The Balaban J connectivity index is 3.03. The van der Waals surface area contributed by atoms with E-state index in [2.05, 4.69) is 21.3 Å². The summed E-state index contributed by atoms with van der Waals surface area (Å²) in [6.07, 6.45) is 0.720. The number of carboxylic acids is 1. The molecule has 0 saturated carbocycles. The summed E-state index contributed by atoms with van der Waals surface area (Å²) in [6.45, 7) is 3.14. The van der Waals surface area contributed by atoms with Gasteiger partial charge < -0.3 is 43.6 Å². The quantitative estimate of drug-likeness (QED) is 0.0965. The van der Waals surface area contributed by atoms with Gasteiger partial charge in [0.2, 0.25) is 29.5 Å². The van der Waals surface area contributed by atoms with Crippen LogP contribution in [0.3, 0.4) is 0 Å². The lowest BCUT2D eigenvalue weighted by Gasteiger charge is -2.25. The van der Waals surface area contributed by atoms with Crippen LogP contribution in [0.2, 0.25) is 0 Å². The van der Waals surface area contributed by atoms with E-state index in [1.165, 1.54) is 13.8 Å². The number of benzene rings is 1. The van der Waals surface area contributed by atoms with Crippen LogP contribution in [0, 0.1) is 0 Å². The highest BCUT2D eigenvalue weighted by molar-refractivity contribution is 5.96. The molecule has 5 amide bonds. The van der Waals surface area contributed by atoms with Crippen molar-refractivity contribution in [3.63, 3.8) is 0 Å². The maximum absolute atomic E-state index is 13.2. The smallest absolute Gasteiger partial charge is 0.326 e. The zero-order chi connectivity index (χ0) is 29.5. The number of unbranched alkanes of at least 4 members (excludes halogenated alkanes) is 1. The Kier molecular flexibility index (Phi) is 14.2. The van der Waals surface area contributed by atoms with E-state index in [9.17, 15) is 33.9 Å². The second-order valence-electron chi connectivity index (χ2n) is 9.19. The Hall–Kier alpha value is -4.04. The molecule has 14 nitrogen and oxygen atoms in total. The summed E-state index contributed by atoms with van der Waals surface area (Å²) in [5.41, 5.74) is 16.9.